The summed E-state index contributed by atoms with van der Waals surface area (Å²) in [6, 6.07) is 16.6. The van der Waals surface area contributed by atoms with Crippen molar-refractivity contribution in [2.24, 2.45) is 0 Å². The Morgan fingerprint density at radius 2 is 1.59 bits per heavy atom. The molecule has 0 aliphatic rings. The van der Waals surface area contributed by atoms with Crippen LogP contribution in [0.4, 0.5) is 4.79 Å². The molecule has 1 heterocycles. The molecule has 3 rings (SSSR count). The third-order valence-corrected chi connectivity index (χ3v) is 8.80. The Morgan fingerprint density at radius 1 is 0.923 bits per heavy atom. The molecule has 212 valence electrons. The zero-order valence-electron chi connectivity index (χ0n) is 23.7. The summed E-state index contributed by atoms with van der Waals surface area (Å²) in [5.41, 5.74) is 0.173. The fourth-order valence-electron chi connectivity index (χ4n) is 4.27. The maximum Gasteiger partial charge on any atom is 0.410 e. The average Bonchev–Trinajstić information content (AvgIpc) is 3.37. The highest BCUT2D eigenvalue weighted by atomic mass is 32.2. The molecule has 2 aromatic carbocycles. The number of benzene rings is 2. The first-order chi connectivity index (χ1) is 18.2. The average molecular weight is 574 g/mol. The second-order valence-electron chi connectivity index (χ2n) is 10.9. The van der Waals surface area contributed by atoms with Gasteiger partial charge < -0.3 is 9.64 Å². The highest BCUT2D eigenvalue weighted by Gasteiger charge is 2.35. The minimum Gasteiger partial charge on any atom is -0.444 e. The van der Waals surface area contributed by atoms with Gasteiger partial charge in [0, 0.05) is 45.4 Å². The Bertz CT molecular complexity index is 1380. The number of likely N-dealkylation sites (N-methyl/N-ethyl adjacent to an activating group) is 3. The molecule has 3 aromatic rings. The number of ether oxygens (including phenoxy) is 1. The van der Waals surface area contributed by atoms with Gasteiger partial charge in [0.1, 0.15) is 11.6 Å². The number of amides is 2. The number of sulfonamides is 1. The standard InChI is InChI=1S/C29H39N3O5S2/c1-29(2,3)37-28(34)32(6)26(18-21-14-15-22-11-8-9-12-23(22)17-21)27(33)31(5)24(19-25-13-10-16-38-25)20-30(4)39(7,35)36/h8-17,24,26H,18-20H2,1-7H3/t24?,26-/m1/s1. The molecule has 1 aromatic heterocycles. The van der Waals surface area contributed by atoms with E-state index in [-0.39, 0.29) is 18.9 Å². The maximum absolute atomic E-state index is 14.1. The van der Waals surface area contributed by atoms with Crippen molar-refractivity contribution in [3.63, 3.8) is 0 Å². The van der Waals surface area contributed by atoms with E-state index in [1.807, 2.05) is 60.0 Å². The summed E-state index contributed by atoms with van der Waals surface area (Å²) in [6.45, 7) is 5.47. The molecule has 0 radical (unpaired) electrons. The van der Waals surface area contributed by atoms with Crippen LogP contribution in [0.5, 0.6) is 0 Å². The predicted molar refractivity (Wildman–Crippen MR) is 157 cm³/mol. The third kappa shape index (κ3) is 8.52. The van der Waals surface area contributed by atoms with E-state index in [9.17, 15) is 18.0 Å². The van der Waals surface area contributed by atoms with Crippen molar-refractivity contribution in [1.29, 1.82) is 0 Å². The van der Waals surface area contributed by atoms with Gasteiger partial charge in [-0.25, -0.2) is 17.5 Å². The maximum atomic E-state index is 14.1. The van der Waals surface area contributed by atoms with Gasteiger partial charge in [-0.05, 0) is 48.6 Å². The van der Waals surface area contributed by atoms with Crippen LogP contribution in [-0.2, 0) is 32.4 Å². The SMILES string of the molecule is CN(C(=O)[C@@H](Cc1ccc2ccccc2c1)N(C)C(=O)OC(C)(C)C)C(Cc1cccs1)CN(C)S(C)(=O)=O. The van der Waals surface area contributed by atoms with Crippen molar-refractivity contribution < 1.29 is 22.7 Å². The first-order valence-corrected chi connectivity index (χ1v) is 15.5. The number of hydrogen-bond acceptors (Lipinski definition) is 6. The number of thiophene rings is 1. The molecule has 0 aliphatic carbocycles. The highest BCUT2D eigenvalue weighted by molar-refractivity contribution is 7.88. The molecule has 0 bridgehead atoms. The van der Waals surface area contributed by atoms with Crippen LogP contribution in [-0.4, -0.2) is 86.2 Å². The van der Waals surface area contributed by atoms with Gasteiger partial charge in [0.15, 0.2) is 0 Å². The molecule has 39 heavy (non-hydrogen) atoms. The monoisotopic (exact) mass is 573 g/mol. The van der Waals surface area contributed by atoms with E-state index in [4.69, 9.17) is 4.74 Å². The molecule has 2 amide bonds. The van der Waals surface area contributed by atoms with Crippen molar-refractivity contribution in [1.82, 2.24) is 14.1 Å². The van der Waals surface area contributed by atoms with Gasteiger partial charge in [0.2, 0.25) is 15.9 Å². The van der Waals surface area contributed by atoms with Crippen molar-refractivity contribution in [3.8, 4) is 0 Å². The van der Waals surface area contributed by atoms with Crippen LogP contribution < -0.4 is 0 Å². The lowest BCUT2D eigenvalue weighted by Crippen LogP contribution is -2.55. The number of carbonyl (C=O) groups excluding carboxylic acids is 2. The van der Waals surface area contributed by atoms with Crippen LogP contribution in [0.3, 0.4) is 0 Å². The lowest BCUT2D eigenvalue weighted by molar-refractivity contribution is -0.137. The second-order valence-corrected chi connectivity index (χ2v) is 14.0. The molecule has 0 saturated heterocycles. The molecule has 0 N–H and O–H groups in total. The number of rotatable bonds is 10. The summed E-state index contributed by atoms with van der Waals surface area (Å²) in [5, 5.41) is 4.08. The zero-order chi connectivity index (χ0) is 29.0. The van der Waals surface area contributed by atoms with E-state index in [0.717, 1.165) is 27.5 Å². The van der Waals surface area contributed by atoms with Gasteiger partial charge in [0.05, 0.1) is 12.3 Å². The van der Waals surface area contributed by atoms with Crippen molar-refractivity contribution in [2.75, 3.05) is 33.9 Å². The quantitative estimate of drug-likeness (QED) is 0.353. The van der Waals surface area contributed by atoms with Gasteiger partial charge in [-0.1, -0.05) is 48.5 Å². The smallest absolute Gasteiger partial charge is 0.410 e. The summed E-state index contributed by atoms with van der Waals surface area (Å²) >= 11 is 1.55. The molecular formula is C29H39N3O5S2. The van der Waals surface area contributed by atoms with Gasteiger partial charge in [0.25, 0.3) is 0 Å². The van der Waals surface area contributed by atoms with Crippen molar-refractivity contribution in [3.05, 3.63) is 70.4 Å². The first-order valence-electron chi connectivity index (χ1n) is 12.8. The Balaban J connectivity index is 1.96. The third-order valence-electron chi connectivity index (χ3n) is 6.62. The molecule has 0 spiro atoms. The van der Waals surface area contributed by atoms with E-state index in [0.29, 0.717) is 6.42 Å². The largest absolute Gasteiger partial charge is 0.444 e. The molecule has 8 nitrogen and oxygen atoms in total. The van der Waals surface area contributed by atoms with Crippen LogP contribution in [0.2, 0.25) is 0 Å². The fraction of sp³-hybridized carbons (Fsp3) is 0.448. The van der Waals surface area contributed by atoms with E-state index < -0.39 is 33.8 Å². The summed E-state index contributed by atoms with van der Waals surface area (Å²) < 4.78 is 31.3. The van der Waals surface area contributed by atoms with Crippen LogP contribution in [0.25, 0.3) is 10.8 Å². The van der Waals surface area contributed by atoms with E-state index in [1.54, 1.807) is 51.1 Å². The van der Waals surface area contributed by atoms with Crippen molar-refractivity contribution in [2.45, 2.75) is 51.3 Å². The zero-order valence-corrected chi connectivity index (χ0v) is 25.4. The first kappa shape index (κ1) is 30.6. The lowest BCUT2D eigenvalue weighted by Gasteiger charge is -2.36. The molecule has 2 atom stereocenters. The molecular weight excluding hydrogens is 534 g/mol. The van der Waals surface area contributed by atoms with Crippen LogP contribution >= 0.6 is 11.3 Å². The summed E-state index contributed by atoms with van der Waals surface area (Å²) in [6.07, 6.45) is 1.31. The molecule has 0 fully saturated rings. The Morgan fingerprint density at radius 3 is 2.18 bits per heavy atom. The van der Waals surface area contributed by atoms with Gasteiger partial charge in [-0.15, -0.1) is 11.3 Å². The Kier molecular flexibility index (Phi) is 9.79. The fourth-order valence-corrected chi connectivity index (χ4v) is 5.49. The van der Waals surface area contributed by atoms with Crippen LogP contribution in [0, 0.1) is 0 Å². The number of hydrogen-bond donors (Lipinski definition) is 0. The minimum atomic E-state index is -3.46. The van der Waals surface area contributed by atoms with Gasteiger partial charge >= 0.3 is 6.09 Å². The highest BCUT2D eigenvalue weighted by Crippen LogP contribution is 2.22. The van der Waals surface area contributed by atoms with Gasteiger partial charge in [-0.3, -0.25) is 9.69 Å². The molecule has 1 unspecified atom stereocenters. The van der Waals surface area contributed by atoms with E-state index >= 15 is 0 Å². The molecule has 0 aliphatic heterocycles. The molecule has 10 heteroatoms. The van der Waals surface area contributed by atoms with Gasteiger partial charge in [-0.2, -0.15) is 0 Å². The van der Waals surface area contributed by atoms with Crippen molar-refractivity contribution >= 4 is 44.1 Å². The number of nitrogens with zero attached hydrogens (tertiary/aromatic N) is 3. The predicted octanol–water partition coefficient (Wildman–Crippen LogP) is 4.64. The summed E-state index contributed by atoms with van der Waals surface area (Å²) in [4.78, 5) is 31.2. The molecule has 0 saturated carbocycles. The summed E-state index contributed by atoms with van der Waals surface area (Å²) in [5.74, 6) is -0.292. The summed E-state index contributed by atoms with van der Waals surface area (Å²) in [7, 11) is 1.29. The topological polar surface area (TPSA) is 87.2 Å². The Labute approximate surface area is 236 Å². The van der Waals surface area contributed by atoms with Crippen LogP contribution in [0.1, 0.15) is 31.2 Å². The minimum absolute atomic E-state index is 0.123. The van der Waals surface area contributed by atoms with E-state index in [2.05, 4.69) is 0 Å². The normalized spacial score (nSPS) is 13.7. The van der Waals surface area contributed by atoms with E-state index in [1.165, 1.54) is 16.3 Å². The Hall–Kier alpha value is -2.95. The van der Waals surface area contributed by atoms with Crippen LogP contribution in [0.15, 0.2) is 60.0 Å². The number of fused-ring (bicyclic) bond motifs is 1. The number of carbonyl (C=O) groups is 2. The second kappa shape index (κ2) is 12.5. The lowest BCUT2D eigenvalue weighted by atomic mass is 9.99.